The summed E-state index contributed by atoms with van der Waals surface area (Å²) in [5.74, 6) is -0.284. The Labute approximate surface area is 184 Å². The number of ether oxygens (including phenoxy) is 1. The average Bonchev–Trinajstić information content (AvgIpc) is 2.85. The SMILES string of the molecule is CCOC(=O)c1cccc(-c2ccccc2[PH](C)(c2ccccc2)c2ccccc2)c1. The molecule has 0 N–H and O–H groups in total. The number of carbonyl (C=O) groups excluding carboxylic acids is 1. The van der Waals surface area contributed by atoms with Crippen molar-refractivity contribution in [3.8, 4) is 11.1 Å². The molecule has 4 rings (SSSR count). The normalized spacial score (nSPS) is 11.7. The van der Waals surface area contributed by atoms with Gasteiger partial charge in [0.2, 0.25) is 0 Å². The van der Waals surface area contributed by atoms with Gasteiger partial charge in [-0.15, -0.1) is 0 Å². The fourth-order valence-corrected chi connectivity index (χ4v) is 8.09. The van der Waals surface area contributed by atoms with Crippen LogP contribution >= 0.6 is 7.26 Å². The Balaban J connectivity index is 1.93. The summed E-state index contributed by atoms with van der Waals surface area (Å²) >= 11 is 0. The zero-order valence-electron chi connectivity index (χ0n) is 17.9. The Hall–Kier alpha value is -3.22. The van der Waals surface area contributed by atoms with Crippen molar-refractivity contribution in [2.45, 2.75) is 6.92 Å². The van der Waals surface area contributed by atoms with Gasteiger partial charge in [-0.2, -0.15) is 0 Å². The van der Waals surface area contributed by atoms with Gasteiger partial charge in [0, 0.05) is 0 Å². The van der Waals surface area contributed by atoms with E-state index in [-0.39, 0.29) is 5.97 Å². The van der Waals surface area contributed by atoms with Crippen molar-refractivity contribution in [2.75, 3.05) is 13.3 Å². The molecule has 4 aromatic rings. The summed E-state index contributed by atoms with van der Waals surface area (Å²) < 4.78 is 5.22. The van der Waals surface area contributed by atoms with Crippen molar-refractivity contribution >= 4 is 29.1 Å². The second-order valence-electron chi connectivity index (χ2n) is 7.70. The molecule has 0 saturated heterocycles. The Morgan fingerprint density at radius 3 is 1.94 bits per heavy atom. The third kappa shape index (κ3) is 4.17. The summed E-state index contributed by atoms with van der Waals surface area (Å²) in [6.07, 6.45) is 0. The van der Waals surface area contributed by atoms with Crippen LogP contribution in [-0.4, -0.2) is 19.2 Å². The third-order valence-corrected chi connectivity index (χ3v) is 10.3. The number of rotatable bonds is 6. The molecule has 156 valence electrons. The topological polar surface area (TPSA) is 26.3 Å². The van der Waals surface area contributed by atoms with Crippen LogP contribution in [0, 0.1) is 0 Å². The van der Waals surface area contributed by atoms with Gasteiger partial charge in [0.15, 0.2) is 0 Å². The standard InChI is InChI=1S/C28H27O2P/c1-3-30-28(29)23-14-12-13-22(21-23)26-19-10-11-20-27(26)31(2,24-15-6-4-7-16-24)25-17-8-5-9-18-25/h4-21,31H,3H2,1-2H3. The first-order valence-corrected chi connectivity index (χ1v) is 13.1. The Morgan fingerprint density at radius 2 is 1.32 bits per heavy atom. The average molecular weight is 426 g/mol. The maximum absolute atomic E-state index is 12.3. The van der Waals surface area contributed by atoms with Gasteiger partial charge in [0.25, 0.3) is 0 Å². The summed E-state index contributed by atoms with van der Waals surface area (Å²) in [5.41, 5.74) is 2.78. The van der Waals surface area contributed by atoms with Crippen LogP contribution < -0.4 is 15.9 Å². The third-order valence-electron chi connectivity index (χ3n) is 5.85. The number of hydrogen-bond donors (Lipinski definition) is 0. The van der Waals surface area contributed by atoms with Crippen LogP contribution in [0.25, 0.3) is 11.1 Å². The zero-order valence-corrected chi connectivity index (χ0v) is 18.9. The number of benzene rings is 4. The van der Waals surface area contributed by atoms with E-state index in [9.17, 15) is 4.79 Å². The number of carbonyl (C=O) groups is 1. The predicted molar refractivity (Wildman–Crippen MR) is 134 cm³/mol. The van der Waals surface area contributed by atoms with Gasteiger partial charge < -0.3 is 0 Å². The molecular formula is C28H27O2P. The van der Waals surface area contributed by atoms with Gasteiger partial charge >= 0.3 is 185 Å². The van der Waals surface area contributed by atoms with Gasteiger partial charge in [-0.1, -0.05) is 0 Å². The van der Waals surface area contributed by atoms with Gasteiger partial charge in [-0.3, -0.25) is 0 Å². The minimum atomic E-state index is -2.28. The summed E-state index contributed by atoms with van der Waals surface area (Å²) in [5, 5.41) is 4.04. The first-order valence-electron chi connectivity index (χ1n) is 10.6. The summed E-state index contributed by atoms with van der Waals surface area (Å²) in [6.45, 7) is 4.60. The molecule has 0 bridgehead atoms. The molecule has 0 saturated carbocycles. The molecule has 0 atom stereocenters. The van der Waals surface area contributed by atoms with Crippen LogP contribution in [0.2, 0.25) is 0 Å². The van der Waals surface area contributed by atoms with E-state index in [1.165, 1.54) is 15.9 Å². The molecule has 0 aromatic heterocycles. The molecule has 0 aliphatic carbocycles. The molecule has 0 radical (unpaired) electrons. The van der Waals surface area contributed by atoms with E-state index in [0.717, 1.165) is 11.1 Å². The van der Waals surface area contributed by atoms with Crippen LogP contribution in [0.5, 0.6) is 0 Å². The summed E-state index contributed by atoms with van der Waals surface area (Å²) in [6, 6.07) is 37.9. The molecule has 4 aromatic carbocycles. The van der Waals surface area contributed by atoms with Crippen molar-refractivity contribution in [3.63, 3.8) is 0 Å². The molecule has 0 heterocycles. The van der Waals surface area contributed by atoms with Crippen LogP contribution in [-0.2, 0) is 4.74 Å². The van der Waals surface area contributed by atoms with Crippen LogP contribution in [0.3, 0.4) is 0 Å². The molecule has 0 fully saturated rings. The Bertz CT molecular complexity index is 1130. The predicted octanol–water partition coefficient (Wildman–Crippen LogP) is 5.19. The molecule has 0 spiro atoms. The molecule has 3 heteroatoms. The molecule has 0 aliphatic heterocycles. The molecule has 31 heavy (non-hydrogen) atoms. The van der Waals surface area contributed by atoms with E-state index in [1.54, 1.807) is 0 Å². The van der Waals surface area contributed by atoms with Crippen molar-refractivity contribution in [3.05, 3.63) is 115 Å². The van der Waals surface area contributed by atoms with Crippen molar-refractivity contribution in [2.24, 2.45) is 0 Å². The van der Waals surface area contributed by atoms with E-state index < -0.39 is 7.26 Å². The first-order chi connectivity index (χ1) is 15.1. The van der Waals surface area contributed by atoms with Crippen LogP contribution in [0.15, 0.2) is 109 Å². The van der Waals surface area contributed by atoms with Crippen molar-refractivity contribution < 1.29 is 9.53 Å². The molecular weight excluding hydrogens is 399 g/mol. The minimum absolute atomic E-state index is 0.284. The van der Waals surface area contributed by atoms with E-state index >= 15 is 0 Å². The van der Waals surface area contributed by atoms with Crippen molar-refractivity contribution in [1.82, 2.24) is 0 Å². The van der Waals surface area contributed by atoms with E-state index in [0.29, 0.717) is 12.2 Å². The molecule has 0 aliphatic rings. The van der Waals surface area contributed by atoms with Gasteiger partial charge in [-0.25, -0.2) is 0 Å². The van der Waals surface area contributed by atoms with Crippen LogP contribution in [0.4, 0.5) is 0 Å². The fourth-order valence-electron chi connectivity index (χ4n) is 4.22. The summed E-state index contributed by atoms with van der Waals surface area (Å²) in [7, 11) is -2.28. The maximum atomic E-state index is 12.3. The molecule has 2 nitrogen and oxygen atoms in total. The van der Waals surface area contributed by atoms with Gasteiger partial charge in [0.1, 0.15) is 0 Å². The molecule has 0 amide bonds. The zero-order chi connectivity index (χ0) is 21.7. The van der Waals surface area contributed by atoms with E-state index in [4.69, 9.17) is 4.74 Å². The monoisotopic (exact) mass is 426 g/mol. The van der Waals surface area contributed by atoms with Gasteiger partial charge in [-0.05, 0) is 0 Å². The van der Waals surface area contributed by atoms with E-state index in [2.05, 4.69) is 97.7 Å². The van der Waals surface area contributed by atoms with E-state index in [1.807, 2.05) is 25.1 Å². The van der Waals surface area contributed by atoms with Crippen LogP contribution in [0.1, 0.15) is 17.3 Å². The van der Waals surface area contributed by atoms with Crippen molar-refractivity contribution in [1.29, 1.82) is 0 Å². The Morgan fingerprint density at radius 1 is 0.742 bits per heavy atom. The first kappa shape index (κ1) is 21.0. The Kier molecular flexibility index (Phi) is 6.30. The second kappa shape index (κ2) is 9.29. The fraction of sp³-hybridized carbons (Fsp3) is 0.107. The molecule has 0 unspecified atom stereocenters. The second-order valence-corrected chi connectivity index (χ2v) is 11.6. The summed E-state index contributed by atoms with van der Waals surface area (Å²) in [4.78, 5) is 12.3. The van der Waals surface area contributed by atoms with Gasteiger partial charge in [0.05, 0.1) is 0 Å². The quantitative estimate of drug-likeness (QED) is 0.313. The number of hydrogen-bond acceptors (Lipinski definition) is 2. The number of esters is 1.